The molecule has 0 aliphatic heterocycles. The Labute approximate surface area is 142 Å². The van der Waals surface area contributed by atoms with Crippen molar-refractivity contribution in [1.82, 2.24) is 0 Å². The van der Waals surface area contributed by atoms with Crippen molar-refractivity contribution in [2.75, 3.05) is 13.7 Å². The second-order valence-corrected chi connectivity index (χ2v) is 6.18. The lowest BCUT2D eigenvalue weighted by atomic mass is 9.86. The number of carbonyl (C=O) groups is 1. The van der Waals surface area contributed by atoms with Gasteiger partial charge in [-0.1, -0.05) is 55.1 Å². The van der Waals surface area contributed by atoms with E-state index in [1.165, 1.54) is 0 Å². The summed E-state index contributed by atoms with van der Waals surface area (Å²) in [5, 5.41) is 0. The van der Waals surface area contributed by atoms with E-state index >= 15 is 0 Å². The number of benzene rings is 2. The van der Waals surface area contributed by atoms with E-state index in [4.69, 9.17) is 9.47 Å². The van der Waals surface area contributed by atoms with Gasteiger partial charge in [0, 0.05) is 30.4 Å². The summed E-state index contributed by atoms with van der Waals surface area (Å²) in [6.07, 6.45) is 1.47. The minimum atomic E-state index is -0.776. The van der Waals surface area contributed by atoms with E-state index in [2.05, 4.69) is 18.7 Å². The molecule has 3 nitrogen and oxygen atoms in total. The number of esters is 1. The molecule has 0 atom stereocenters. The SMILES string of the molecule is C=C(C)C(=O)OC1(CCCOC)c2ccccc2-c2ccccc21. The van der Waals surface area contributed by atoms with Crippen LogP contribution in [0.4, 0.5) is 0 Å². The fraction of sp³-hybridized carbons (Fsp3) is 0.286. The maximum absolute atomic E-state index is 12.4. The Morgan fingerprint density at radius 2 is 1.58 bits per heavy atom. The van der Waals surface area contributed by atoms with Crippen LogP contribution in [-0.4, -0.2) is 19.7 Å². The summed E-state index contributed by atoms with van der Waals surface area (Å²) in [7, 11) is 1.68. The summed E-state index contributed by atoms with van der Waals surface area (Å²) in [6.45, 7) is 6.04. The van der Waals surface area contributed by atoms with Crippen molar-refractivity contribution >= 4 is 5.97 Å². The second kappa shape index (κ2) is 6.62. The summed E-state index contributed by atoms with van der Waals surface area (Å²) in [6, 6.07) is 16.3. The number of methoxy groups -OCH3 is 1. The van der Waals surface area contributed by atoms with Gasteiger partial charge in [0.05, 0.1) is 0 Å². The van der Waals surface area contributed by atoms with Gasteiger partial charge < -0.3 is 9.47 Å². The van der Waals surface area contributed by atoms with Gasteiger partial charge >= 0.3 is 5.97 Å². The van der Waals surface area contributed by atoms with E-state index in [0.29, 0.717) is 18.6 Å². The van der Waals surface area contributed by atoms with Crippen LogP contribution in [0.3, 0.4) is 0 Å². The van der Waals surface area contributed by atoms with E-state index in [9.17, 15) is 4.79 Å². The lowest BCUT2D eigenvalue weighted by Gasteiger charge is -2.32. The predicted octanol–water partition coefficient (Wildman–Crippen LogP) is 4.46. The molecule has 24 heavy (non-hydrogen) atoms. The average Bonchev–Trinajstić information content (AvgIpc) is 2.86. The van der Waals surface area contributed by atoms with Gasteiger partial charge in [-0.05, 0) is 30.9 Å². The molecule has 0 N–H and O–H groups in total. The molecule has 0 amide bonds. The highest BCUT2D eigenvalue weighted by molar-refractivity contribution is 5.89. The van der Waals surface area contributed by atoms with Crippen LogP contribution >= 0.6 is 0 Å². The van der Waals surface area contributed by atoms with Gasteiger partial charge in [0.15, 0.2) is 5.60 Å². The van der Waals surface area contributed by atoms with Crippen molar-refractivity contribution in [1.29, 1.82) is 0 Å². The van der Waals surface area contributed by atoms with Crippen molar-refractivity contribution in [3.8, 4) is 11.1 Å². The van der Waals surface area contributed by atoms with Crippen LogP contribution in [0.5, 0.6) is 0 Å². The first-order valence-corrected chi connectivity index (χ1v) is 8.17. The third-order valence-electron chi connectivity index (χ3n) is 4.51. The minimum Gasteiger partial charge on any atom is -0.446 e. The highest BCUT2D eigenvalue weighted by Gasteiger charge is 2.46. The van der Waals surface area contributed by atoms with Crippen LogP contribution in [0.1, 0.15) is 30.9 Å². The maximum atomic E-state index is 12.4. The van der Waals surface area contributed by atoms with Crippen LogP contribution in [0.2, 0.25) is 0 Å². The Bertz CT molecular complexity index is 731. The molecule has 3 heteroatoms. The van der Waals surface area contributed by atoms with Gasteiger partial charge in [0.2, 0.25) is 0 Å². The molecule has 0 bridgehead atoms. The molecule has 0 heterocycles. The van der Waals surface area contributed by atoms with Crippen LogP contribution in [0.15, 0.2) is 60.7 Å². The molecule has 0 saturated heterocycles. The number of ether oxygens (including phenoxy) is 2. The molecule has 3 rings (SSSR count). The lowest BCUT2D eigenvalue weighted by molar-refractivity contribution is -0.152. The normalized spacial score (nSPS) is 13.9. The zero-order valence-corrected chi connectivity index (χ0v) is 14.2. The molecular formula is C21H22O3. The zero-order valence-electron chi connectivity index (χ0n) is 14.2. The van der Waals surface area contributed by atoms with Gasteiger partial charge in [-0.3, -0.25) is 0 Å². The molecule has 1 aliphatic rings. The summed E-state index contributed by atoms with van der Waals surface area (Å²) in [5.74, 6) is -0.362. The smallest absolute Gasteiger partial charge is 0.334 e. The highest BCUT2D eigenvalue weighted by atomic mass is 16.6. The van der Waals surface area contributed by atoms with Gasteiger partial charge in [0.1, 0.15) is 0 Å². The number of hydrogen-bond donors (Lipinski definition) is 0. The molecular weight excluding hydrogens is 300 g/mol. The molecule has 0 fully saturated rings. The van der Waals surface area contributed by atoms with E-state index in [0.717, 1.165) is 28.7 Å². The van der Waals surface area contributed by atoms with Crippen LogP contribution in [0, 0.1) is 0 Å². The second-order valence-electron chi connectivity index (χ2n) is 6.18. The number of fused-ring (bicyclic) bond motifs is 3. The van der Waals surface area contributed by atoms with E-state index in [-0.39, 0.29) is 5.97 Å². The number of hydrogen-bond acceptors (Lipinski definition) is 3. The Morgan fingerprint density at radius 3 is 2.08 bits per heavy atom. The van der Waals surface area contributed by atoms with Gasteiger partial charge in [-0.15, -0.1) is 0 Å². The molecule has 0 saturated carbocycles. The van der Waals surface area contributed by atoms with Crippen molar-refractivity contribution in [3.63, 3.8) is 0 Å². The summed E-state index contributed by atoms with van der Waals surface area (Å²) in [4.78, 5) is 12.4. The predicted molar refractivity (Wildman–Crippen MR) is 94.7 cm³/mol. The molecule has 2 aromatic rings. The molecule has 0 spiro atoms. The maximum Gasteiger partial charge on any atom is 0.334 e. The van der Waals surface area contributed by atoms with Gasteiger partial charge in [-0.25, -0.2) is 4.79 Å². The third kappa shape index (κ3) is 2.65. The molecule has 124 valence electrons. The van der Waals surface area contributed by atoms with Crippen molar-refractivity contribution < 1.29 is 14.3 Å². The third-order valence-corrected chi connectivity index (χ3v) is 4.51. The monoisotopic (exact) mass is 322 g/mol. The van der Waals surface area contributed by atoms with Gasteiger partial charge in [0.25, 0.3) is 0 Å². The van der Waals surface area contributed by atoms with Crippen LogP contribution in [0.25, 0.3) is 11.1 Å². The Kier molecular flexibility index (Phi) is 4.54. The Hall–Kier alpha value is -2.39. The summed E-state index contributed by atoms with van der Waals surface area (Å²) >= 11 is 0. The van der Waals surface area contributed by atoms with E-state index in [1.54, 1.807) is 14.0 Å². The molecule has 0 radical (unpaired) electrons. The average molecular weight is 322 g/mol. The van der Waals surface area contributed by atoms with E-state index < -0.39 is 5.60 Å². The Balaban J connectivity index is 2.15. The highest BCUT2D eigenvalue weighted by Crippen LogP contribution is 2.52. The molecule has 0 aromatic heterocycles. The zero-order chi connectivity index (χ0) is 17.2. The van der Waals surface area contributed by atoms with Crippen molar-refractivity contribution in [2.24, 2.45) is 0 Å². The summed E-state index contributed by atoms with van der Waals surface area (Å²) in [5.41, 5.74) is 3.96. The van der Waals surface area contributed by atoms with Crippen molar-refractivity contribution in [3.05, 3.63) is 71.8 Å². The standard InChI is InChI=1S/C21H22O3/c1-15(2)20(22)24-21(13-8-14-23-3)18-11-6-4-9-16(18)17-10-5-7-12-19(17)21/h4-7,9-12H,1,8,13-14H2,2-3H3. The van der Waals surface area contributed by atoms with Crippen molar-refractivity contribution in [2.45, 2.75) is 25.4 Å². The molecule has 1 aliphatic carbocycles. The first kappa shape index (κ1) is 16.5. The molecule has 2 aromatic carbocycles. The number of rotatable bonds is 6. The quantitative estimate of drug-likeness (QED) is 0.447. The molecule has 0 unspecified atom stereocenters. The minimum absolute atomic E-state index is 0.362. The number of carbonyl (C=O) groups excluding carboxylic acids is 1. The topological polar surface area (TPSA) is 35.5 Å². The Morgan fingerprint density at radius 1 is 1.04 bits per heavy atom. The fourth-order valence-electron chi connectivity index (χ4n) is 3.43. The van der Waals surface area contributed by atoms with Crippen LogP contribution in [-0.2, 0) is 19.9 Å². The first-order chi connectivity index (χ1) is 11.6. The summed E-state index contributed by atoms with van der Waals surface area (Å²) < 4.78 is 11.3. The fourth-order valence-corrected chi connectivity index (χ4v) is 3.43. The largest absolute Gasteiger partial charge is 0.446 e. The van der Waals surface area contributed by atoms with Gasteiger partial charge in [-0.2, -0.15) is 0 Å². The lowest BCUT2D eigenvalue weighted by Crippen LogP contribution is -2.32. The van der Waals surface area contributed by atoms with Crippen LogP contribution < -0.4 is 0 Å². The van der Waals surface area contributed by atoms with E-state index in [1.807, 2.05) is 36.4 Å². The first-order valence-electron chi connectivity index (χ1n) is 8.17.